The molecule has 0 spiro atoms. The van der Waals surface area contributed by atoms with Crippen LogP contribution in [0.1, 0.15) is 6.92 Å². The van der Waals surface area contributed by atoms with Crippen molar-refractivity contribution in [3.63, 3.8) is 0 Å². The summed E-state index contributed by atoms with van der Waals surface area (Å²) in [6, 6.07) is 31.0. The van der Waals surface area contributed by atoms with Crippen LogP contribution in [0.15, 0.2) is 91.0 Å². The Morgan fingerprint density at radius 1 is 0.800 bits per heavy atom. The van der Waals surface area contributed by atoms with Gasteiger partial charge in [0, 0.05) is 16.0 Å². The summed E-state index contributed by atoms with van der Waals surface area (Å²) in [7, 11) is 0. The smallest absolute Gasteiger partial charge is 0.119 e. The lowest BCUT2D eigenvalue weighted by Crippen LogP contribution is -1.93. The third-order valence-corrected chi connectivity index (χ3v) is 5.57. The number of hydrogen-bond acceptors (Lipinski definition) is 2. The zero-order chi connectivity index (χ0) is 20.5. The molecule has 0 aliphatic carbocycles. The fraction of sp³-hybridized carbons (Fsp3) is 0.0741. The quantitative estimate of drug-likeness (QED) is 0.283. The number of fused-ring (bicyclic) bond motifs is 3. The first kappa shape index (κ1) is 18.7. The summed E-state index contributed by atoms with van der Waals surface area (Å²) in [5, 5.41) is 4.29. The maximum atomic E-state index is 6.16. The molecule has 4 aromatic carbocycles. The Hall–Kier alpha value is -3.36. The molecule has 0 aliphatic heterocycles. The molecule has 30 heavy (non-hydrogen) atoms. The van der Waals surface area contributed by atoms with Gasteiger partial charge in [0.15, 0.2) is 0 Å². The van der Waals surface area contributed by atoms with E-state index in [1.54, 1.807) is 0 Å². The van der Waals surface area contributed by atoms with Gasteiger partial charge in [0.25, 0.3) is 0 Å². The van der Waals surface area contributed by atoms with E-state index in [0.29, 0.717) is 6.61 Å². The van der Waals surface area contributed by atoms with Gasteiger partial charge in [0.1, 0.15) is 5.75 Å². The van der Waals surface area contributed by atoms with E-state index >= 15 is 0 Å². The summed E-state index contributed by atoms with van der Waals surface area (Å²) in [4.78, 5) is 5.01. The third-order valence-electron chi connectivity index (χ3n) is 5.31. The van der Waals surface area contributed by atoms with Crippen LogP contribution in [0.25, 0.3) is 44.1 Å². The second kappa shape index (κ2) is 7.81. The van der Waals surface area contributed by atoms with Crippen LogP contribution in [0, 0.1) is 0 Å². The van der Waals surface area contributed by atoms with Gasteiger partial charge in [-0.1, -0.05) is 54.1 Å². The molecule has 2 nitrogen and oxygen atoms in total. The Morgan fingerprint density at radius 3 is 2.30 bits per heavy atom. The summed E-state index contributed by atoms with van der Waals surface area (Å²) < 4.78 is 5.59. The Labute approximate surface area is 180 Å². The lowest BCUT2D eigenvalue weighted by Gasteiger charge is -2.13. The lowest BCUT2D eigenvalue weighted by molar-refractivity contribution is 0.340. The minimum Gasteiger partial charge on any atom is -0.494 e. The number of benzene rings is 4. The Bertz CT molecular complexity index is 1340. The van der Waals surface area contributed by atoms with Crippen molar-refractivity contribution in [2.75, 3.05) is 6.61 Å². The predicted molar refractivity (Wildman–Crippen MR) is 126 cm³/mol. The second-order valence-electron chi connectivity index (χ2n) is 7.20. The molecule has 0 saturated carbocycles. The van der Waals surface area contributed by atoms with Crippen molar-refractivity contribution in [2.45, 2.75) is 6.92 Å². The molecule has 0 fully saturated rings. The van der Waals surface area contributed by atoms with Crippen molar-refractivity contribution in [2.24, 2.45) is 0 Å². The maximum absolute atomic E-state index is 6.16. The minimum atomic E-state index is 0.654. The van der Waals surface area contributed by atoms with E-state index in [0.717, 1.165) is 44.1 Å². The summed E-state index contributed by atoms with van der Waals surface area (Å²) >= 11 is 6.16. The molecule has 5 aromatic rings. The second-order valence-corrected chi connectivity index (χ2v) is 7.64. The molecule has 5 rings (SSSR count). The largest absolute Gasteiger partial charge is 0.494 e. The first-order valence-corrected chi connectivity index (χ1v) is 10.4. The average Bonchev–Trinajstić information content (AvgIpc) is 2.79. The van der Waals surface area contributed by atoms with Crippen LogP contribution in [0.4, 0.5) is 0 Å². The average molecular weight is 410 g/mol. The molecule has 0 bridgehead atoms. The van der Waals surface area contributed by atoms with Gasteiger partial charge in [-0.25, -0.2) is 4.98 Å². The van der Waals surface area contributed by atoms with E-state index in [1.165, 1.54) is 10.8 Å². The molecule has 0 aliphatic rings. The molecule has 0 radical (unpaired) electrons. The predicted octanol–water partition coefficient (Wildman–Crippen LogP) is 7.77. The minimum absolute atomic E-state index is 0.654. The summed E-state index contributed by atoms with van der Waals surface area (Å²) in [5.41, 5.74) is 5.24. The molecule has 1 heterocycles. The first-order chi connectivity index (χ1) is 14.7. The summed E-state index contributed by atoms with van der Waals surface area (Å²) in [6.45, 7) is 2.64. The van der Waals surface area contributed by atoms with Crippen molar-refractivity contribution >= 4 is 33.3 Å². The molecule has 3 heteroatoms. The van der Waals surface area contributed by atoms with Gasteiger partial charge in [-0.3, -0.25) is 0 Å². The number of nitrogens with zero attached hydrogens (tertiary/aromatic N) is 1. The zero-order valence-corrected chi connectivity index (χ0v) is 17.4. The normalized spacial score (nSPS) is 11.1. The van der Waals surface area contributed by atoms with Gasteiger partial charge in [0.05, 0.1) is 17.8 Å². The first-order valence-electron chi connectivity index (χ1n) is 10.0. The van der Waals surface area contributed by atoms with E-state index in [1.807, 2.05) is 31.2 Å². The van der Waals surface area contributed by atoms with E-state index in [-0.39, 0.29) is 0 Å². The molecule has 0 unspecified atom stereocenters. The van der Waals surface area contributed by atoms with Crippen molar-refractivity contribution in [1.82, 2.24) is 4.98 Å². The van der Waals surface area contributed by atoms with Crippen LogP contribution in [-0.4, -0.2) is 11.6 Å². The van der Waals surface area contributed by atoms with Gasteiger partial charge in [0.2, 0.25) is 0 Å². The Kier molecular flexibility index (Phi) is 4.86. The summed E-state index contributed by atoms with van der Waals surface area (Å²) in [6.07, 6.45) is 0. The highest BCUT2D eigenvalue weighted by molar-refractivity contribution is 6.30. The van der Waals surface area contributed by atoms with Crippen LogP contribution >= 0.6 is 11.6 Å². The lowest BCUT2D eigenvalue weighted by atomic mass is 9.94. The number of aromatic nitrogens is 1. The maximum Gasteiger partial charge on any atom is 0.119 e. The summed E-state index contributed by atoms with van der Waals surface area (Å²) in [5.74, 6) is 0.867. The van der Waals surface area contributed by atoms with Crippen LogP contribution in [0.2, 0.25) is 5.02 Å². The van der Waals surface area contributed by atoms with E-state index in [2.05, 4.69) is 66.7 Å². The number of ether oxygens (including phenoxy) is 1. The van der Waals surface area contributed by atoms with Crippen LogP contribution < -0.4 is 4.74 Å². The molecule has 0 amide bonds. The number of halogens is 1. The molecule has 0 atom stereocenters. The van der Waals surface area contributed by atoms with Crippen LogP contribution in [0.5, 0.6) is 5.75 Å². The topological polar surface area (TPSA) is 22.1 Å². The highest BCUT2D eigenvalue weighted by Crippen LogP contribution is 2.37. The van der Waals surface area contributed by atoms with E-state index in [4.69, 9.17) is 21.3 Å². The van der Waals surface area contributed by atoms with Crippen molar-refractivity contribution in [1.29, 1.82) is 0 Å². The molecule has 146 valence electrons. The molecule has 0 saturated heterocycles. The van der Waals surface area contributed by atoms with Crippen LogP contribution in [0.3, 0.4) is 0 Å². The molecular formula is C27H20ClNO. The fourth-order valence-electron chi connectivity index (χ4n) is 3.90. The van der Waals surface area contributed by atoms with Gasteiger partial charge in [-0.15, -0.1) is 0 Å². The third kappa shape index (κ3) is 3.40. The fourth-order valence-corrected chi connectivity index (χ4v) is 4.03. The Balaban J connectivity index is 1.78. The molecular weight excluding hydrogens is 390 g/mol. The van der Waals surface area contributed by atoms with Crippen molar-refractivity contribution in [3.8, 4) is 28.1 Å². The van der Waals surface area contributed by atoms with Crippen molar-refractivity contribution < 1.29 is 4.74 Å². The van der Waals surface area contributed by atoms with Gasteiger partial charge >= 0.3 is 0 Å². The van der Waals surface area contributed by atoms with Crippen molar-refractivity contribution in [3.05, 3.63) is 96.0 Å². The van der Waals surface area contributed by atoms with Gasteiger partial charge in [-0.2, -0.15) is 0 Å². The molecule has 1 aromatic heterocycles. The highest BCUT2D eigenvalue weighted by atomic mass is 35.5. The monoisotopic (exact) mass is 409 g/mol. The number of pyridine rings is 1. The number of hydrogen-bond donors (Lipinski definition) is 0. The van der Waals surface area contributed by atoms with Crippen LogP contribution in [-0.2, 0) is 0 Å². The highest BCUT2D eigenvalue weighted by Gasteiger charge is 2.13. The zero-order valence-electron chi connectivity index (χ0n) is 16.6. The standard InChI is InChI=1S/C27H20ClNO/c1-2-30-22-14-9-20(10-15-22)26-17-24(19-7-12-21(28)13-8-19)27-23-6-4-3-5-18(23)11-16-25(27)29-26/h3-17H,2H2,1H3. The van der Waals surface area contributed by atoms with Gasteiger partial charge < -0.3 is 4.74 Å². The SMILES string of the molecule is CCOc1ccc(-c2cc(-c3ccc(Cl)cc3)c3c(ccc4ccccc43)n2)cc1. The van der Waals surface area contributed by atoms with Gasteiger partial charge in [-0.05, 0) is 77.4 Å². The van der Waals surface area contributed by atoms with E-state index in [9.17, 15) is 0 Å². The van der Waals surface area contributed by atoms with E-state index < -0.39 is 0 Å². The molecule has 0 N–H and O–H groups in total. The Morgan fingerprint density at radius 2 is 1.53 bits per heavy atom. The number of rotatable bonds is 4.